The van der Waals surface area contributed by atoms with Crippen LogP contribution < -0.4 is 9.62 Å². The molecule has 6 heteroatoms. The van der Waals surface area contributed by atoms with Gasteiger partial charge in [0.2, 0.25) is 15.9 Å². The largest absolute Gasteiger partial charge is 0.356 e. The molecular weight excluding hydrogens is 336 g/mol. The van der Waals surface area contributed by atoms with Gasteiger partial charge in [-0.25, -0.2) is 8.42 Å². The molecule has 25 heavy (non-hydrogen) atoms. The van der Waals surface area contributed by atoms with Crippen molar-refractivity contribution in [1.82, 2.24) is 5.32 Å². The Balaban J connectivity index is 2.74. The van der Waals surface area contributed by atoms with Crippen LogP contribution in [0.1, 0.15) is 58.9 Å². The van der Waals surface area contributed by atoms with Gasteiger partial charge in [-0.1, -0.05) is 52.7 Å². The maximum Gasteiger partial charge on any atom is 0.232 e. The van der Waals surface area contributed by atoms with Crippen LogP contribution in [0, 0.1) is 0 Å². The van der Waals surface area contributed by atoms with Gasteiger partial charge >= 0.3 is 0 Å². The summed E-state index contributed by atoms with van der Waals surface area (Å²) in [4.78, 5) is 11.9. The summed E-state index contributed by atoms with van der Waals surface area (Å²) in [7, 11) is -3.44. The van der Waals surface area contributed by atoms with E-state index in [1.807, 2.05) is 12.1 Å². The number of hydrogen-bond acceptors (Lipinski definition) is 3. The maximum absolute atomic E-state index is 12.1. The number of sulfonamides is 1. The first kappa shape index (κ1) is 21.5. The zero-order valence-corrected chi connectivity index (χ0v) is 16.9. The lowest BCUT2D eigenvalue weighted by atomic mass is 9.87. The third kappa shape index (κ3) is 7.46. The lowest BCUT2D eigenvalue weighted by Crippen LogP contribution is -2.35. The molecule has 0 aromatic heterocycles. The fourth-order valence-electron chi connectivity index (χ4n) is 2.51. The highest BCUT2D eigenvalue weighted by Crippen LogP contribution is 2.26. The van der Waals surface area contributed by atoms with Gasteiger partial charge in [0.05, 0.1) is 11.9 Å². The van der Waals surface area contributed by atoms with Gasteiger partial charge in [-0.05, 0) is 29.5 Å². The van der Waals surface area contributed by atoms with Crippen LogP contribution in [-0.4, -0.2) is 33.7 Å². The van der Waals surface area contributed by atoms with Gasteiger partial charge in [0, 0.05) is 19.5 Å². The predicted octanol–water partition coefficient (Wildman–Crippen LogP) is 3.45. The number of unbranched alkanes of at least 4 members (excludes halogenated alkanes) is 2. The molecule has 142 valence electrons. The quantitative estimate of drug-likeness (QED) is 0.679. The van der Waals surface area contributed by atoms with Gasteiger partial charge in [-0.15, -0.1) is 0 Å². The minimum Gasteiger partial charge on any atom is -0.356 e. The van der Waals surface area contributed by atoms with E-state index in [9.17, 15) is 13.2 Å². The van der Waals surface area contributed by atoms with E-state index in [-0.39, 0.29) is 24.3 Å². The molecule has 1 rings (SSSR count). The Hall–Kier alpha value is -1.56. The number of anilines is 1. The minimum absolute atomic E-state index is 0.00677. The van der Waals surface area contributed by atoms with E-state index < -0.39 is 10.0 Å². The number of amides is 1. The Kier molecular flexibility index (Phi) is 7.93. The first-order valence-electron chi connectivity index (χ1n) is 8.90. The maximum atomic E-state index is 12.1. The summed E-state index contributed by atoms with van der Waals surface area (Å²) in [5, 5.41) is 2.84. The van der Waals surface area contributed by atoms with Crippen LogP contribution in [0.15, 0.2) is 24.3 Å². The van der Waals surface area contributed by atoms with Crippen molar-refractivity contribution in [1.29, 1.82) is 0 Å². The summed E-state index contributed by atoms with van der Waals surface area (Å²) < 4.78 is 25.5. The average molecular weight is 369 g/mol. The van der Waals surface area contributed by atoms with Gasteiger partial charge in [0.15, 0.2) is 0 Å². The highest BCUT2D eigenvalue weighted by molar-refractivity contribution is 7.92. The topological polar surface area (TPSA) is 66.5 Å². The molecule has 0 fully saturated rings. The molecule has 1 amide bonds. The van der Waals surface area contributed by atoms with Gasteiger partial charge in [0.1, 0.15) is 0 Å². The number of hydrogen-bond donors (Lipinski definition) is 1. The number of benzene rings is 1. The summed E-state index contributed by atoms with van der Waals surface area (Å²) in [6.45, 7) is 9.23. The summed E-state index contributed by atoms with van der Waals surface area (Å²) in [5.74, 6) is -0.115. The second kappa shape index (κ2) is 9.22. The Morgan fingerprint density at radius 1 is 1.12 bits per heavy atom. The molecule has 1 N–H and O–H groups in total. The molecule has 0 heterocycles. The molecule has 1 aromatic carbocycles. The van der Waals surface area contributed by atoms with Crippen LogP contribution >= 0.6 is 0 Å². The first-order chi connectivity index (χ1) is 11.6. The highest BCUT2D eigenvalue weighted by atomic mass is 32.2. The summed E-state index contributed by atoms with van der Waals surface area (Å²) >= 11 is 0. The van der Waals surface area contributed by atoms with Crippen molar-refractivity contribution in [3.05, 3.63) is 29.8 Å². The lowest BCUT2D eigenvalue weighted by molar-refractivity contribution is -0.120. The fourth-order valence-corrected chi connectivity index (χ4v) is 3.44. The lowest BCUT2D eigenvalue weighted by Gasteiger charge is -2.24. The molecule has 0 saturated carbocycles. The first-order valence-corrected chi connectivity index (χ1v) is 10.8. The van der Waals surface area contributed by atoms with E-state index >= 15 is 0 Å². The average Bonchev–Trinajstić information content (AvgIpc) is 2.50. The van der Waals surface area contributed by atoms with E-state index in [1.54, 1.807) is 12.1 Å². The van der Waals surface area contributed by atoms with E-state index in [2.05, 4.69) is 33.0 Å². The molecule has 0 atom stereocenters. The van der Waals surface area contributed by atoms with E-state index in [0.29, 0.717) is 12.2 Å². The number of rotatable bonds is 9. The molecule has 1 aromatic rings. The third-order valence-corrected chi connectivity index (χ3v) is 5.26. The zero-order valence-electron chi connectivity index (χ0n) is 16.1. The van der Waals surface area contributed by atoms with Crippen LogP contribution in [0.3, 0.4) is 0 Å². The minimum atomic E-state index is -3.44. The highest BCUT2D eigenvalue weighted by Gasteiger charge is 2.20. The van der Waals surface area contributed by atoms with Gasteiger partial charge < -0.3 is 5.32 Å². The van der Waals surface area contributed by atoms with Crippen molar-refractivity contribution in [2.75, 3.05) is 23.7 Å². The smallest absolute Gasteiger partial charge is 0.232 e. The van der Waals surface area contributed by atoms with Crippen molar-refractivity contribution < 1.29 is 13.2 Å². The molecule has 0 bridgehead atoms. The monoisotopic (exact) mass is 368 g/mol. The zero-order chi connectivity index (χ0) is 19.1. The number of nitrogens with zero attached hydrogens (tertiary/aromatic N) is 1. The molecule has 0 saturated heterocycles. The third-order valence-electron chi connectivity index (χ3n) is 4.07. The number of carbonyl (C=O) groups is 1. The van der Waals surface area contributed by atoms with Gasteiger partial charge in [0.25, 0.3) is 0 Å². The van der Waals surface area contributed by atoms with E-state index in [1.165, 1.54) is 10.6 Å². The van der Waals surface area contributed by atoms with Crippen LogP contribution in [0.4, 0.5) is 5.69 Å². The molecular formula is C19H32N2O3S. The van der Waals surface area contributed by atoms with E-state index in [4.69, 9.17) is 0 Å². The molecule has 0 radical (unpaired) electrons. The second-order valence-electron chi connectivity index (χ2n) is 7.44. The van der Waals surface area contributed by atoms with Crippen molar-refractivity contribution in [2.24, 2.45) is 0 Å². The molecule has 0 spiro atoms. The molecule has 0 aliphatic carbocycles. The molecule has 0 aliphatic heterocycles. The summed E-state index contributed by atoms with van der Waals surface area (Å²) in [5.41, 5.74) is 1.74. The molecule has 0 aliphatic rings. The standard InChI is InChI=1S/C19H32N2O3S/c1-6-7-8-14-20-18(22)13-15-21(25(5,23)24)17-11-9-16(10-12-17)19(2,3)4/h9-12H,6-8,13-15H2,1-5H3,(H,20,22). The summed E-state index contributed by atoms with van der Waals surface area (Å²) in [6.07, 6.45) is 4.45. The van der Waals surface area contributed by atoms with Crippen molar-refractivity contribution in [2.45, 2.75) is 58.8 Å². The van der Waals surface area contributed by atoms with Gasteiger partial charge in [-0.2, -0.15) is 0 Å². The molecule has 5 nitrogen and oxygen atoms in total. The van der Waals surface area contributed by atoms with Crippen LogP contribution in [0.5, 0.6) is 0 Å². The molecule has 0 unspecified atom stereocenters. The van der Waals surface area contributed by atoms with Crippen LogP contribution in [-0.2, 0) is 20.2 Å². The Morgan fingerprint density at radius 2 is 1.72 bits per heavy atom. The van der Waals surface area contributed by atoms with Gasteiger partial charge in [-0.3, -0.25) is 9.10 Å². The van der Waals surface area contributed by atoms with Crippen molar-refractivity contribution >= 4 is 21.6 Å². The van der Waals surface area contributed by atoms with Crippen molar-refractivity contribution in [3.63, 3.8) is 0 Å². The fraction of sp³-hybridized carbons (Fsp3) is 0.632. The number of carbonyl (C=O) groups excluding carboxylic acids is 1. The Labute approximate surface area is 152 Å². The second-order valence-corrected chi connectivity index (χ2v) is 9.35. The van der Waals surface area contributed by atoms with Crippen molar-refractivity contribution in [3.8, 4) is 0 Å². The summed E-state index contributed by atoms with van der Waals surface area (Å²) in [6, 6.07) is 7.50. The SMILES string of the molecule is CCCCCNC(=O)CCN(c1ccc(C(C)(C)C)cc1)S(C)(=O)=O. The van der Waals surface area contributed by atoms with E-state index in [0.717, 1.165) is 24.8 Å². The normalized spacial score (nSPS) is 12.0. The number of nitrogens with one attached hydrogen (secondary N) is 1. The predicted molar refractivity (Wildman–Crippen MR) is 104 cm³/mol. The Bertz CT molecular complexity index is 646. The van der Waals surface area contributed by atoms with Crippen LogP contribution in [0.2, 0.25) is 0 Å². The Morgan fingerprint density at radius 3 is 2.20 bits per heavy atom. The van der Waals surface area contributed by atoms with Crippen LogP contribution in [0.25, 0.3) is 0 Å².